The van der Waals surface area contributed by atoms with E-state index in [1.165, 1.54) is 12.1 Å². The van der Waals surface area contributed by atoms with Crippen molar-refractivity contribution in [1.29, 1.82) is 0 Å². The molecular formula is C18H20O6. The molecule has 2 aromatic rings. The predicted octanol–water partition coefficient (Wildman–Crippen LogP) is 2.81. The molecule has 0 amide bonds. The summed E-state index contributed by atoms with van der Waals surface area (Å²) >= 11 is 0. The van der Waals surface area contributed by atoms with Crippen LogP contribution >= 0.6 is 0 Å². The maximum Gasteiger partial charge on any atom is 0.157 e. The second-order valence-corrected chi connectivity index (χ2v) is 5.57. The SMILES string of the molecule is COc1cc(OC)c2c(c1)O[C@H](c1ccc(O)c(O)c1)[C@H](OC)C2. The van der Waals surface area contributed by atoms with Gasteiger partial charge in [0.25, 0.3) is 0 Å². The fraction of sp³-hybridized carbons (Fsp3) is 0.333. The molecule has 1 aliphatic rings. The highest BCUT2D eigenvalue weighted by Gasteiger charge is 2.34. The van der Waals surface area contributed by atoms with Crippen LogP contribution in [0, 0.1) is 0 Å². The van der Waals surface area contributed by atoms with Crippen LogP contribution < -0.4 is 14.2 Å². The second-order valence-electron chi connectivity index (χ2n) is 5.57. The number of benzene rings is 2. The first-order valence-electron chi connectivity index (χ1n) is 7.53. The Bertz CT molecular complexity index is 743. The number of rotatable bonds is 4. The van der Waals surface area contributed by atoms with Crippen molar-refractivity contribution in [1.82, 2.24) is 0 Å². The van der Waals surface area contributed by atoms with E-state index in [1.807, 2.05) is 6.07 Å². The molecule has 0 bridgehead atoms. The van der Waals surface area contributed by atoms with Crippen molar-refractivity contribution in [3.63, 3.8) is 0 Å². The van der Waals surface area contributed by atoms with E-state index < -0.39 is 6.10 Å². The molecule has 1 heterocycles. The minimum atomic E-state index is -0.425. The van der Waals surface area contributed by atoms with Crippen LogP contribution in [0.1, 0.15) is 17.2 Å². The van der Waals surface area contributed by atoms with Gasteiger partial charge in [0, 0.05) is 31.2 Å². The molecule has 3 rings (SSSR count). The molecule has 2 aromatic carbocycles. The summed E-state index contributed by atoms with van der Waals surface area (Å²) in [5, 5.41) is 19.3. The molecule has 0 spiro atoms. The Hall–Kier alpha value is -2.60. The minimum absolute atomic E-state index is 0.174. The molecule has 2 atom stereocenters. The van der Waals surface area contributed by atoms with E-state index in [2.05, 4.69) is 0 Å². The van der Waals surface area contributed by atoms with Crippen molar-refractivity contribution in [2.45, 2.75) is 18.6 Å². The molecule has 0 radical (unpaired) electrons. The van der Waals surface area contributed by atoms with Crippen molar-refractivity contribution in [2.75, 3.05) is 21.3 Å². The average Bonchev–Trinajstić information content (AvgIpc) is 2.61. The fourth-order valence-electron chi connectivity index (χ4n) is 2.93. The average molecular weight is 332 g/mol. The molecule has 0 aromatic heterocycles. The zero-order valence-corrected chi connectivity index (χ0v) is 13.8. The van der Waals surface area contributed by atoms with Gasteiger partial charge in [-0.2, -0.15) is 0 Å². The number of ether oxygens (including phenoxy) is 4. The van der Waals surface area contributed by atoms with Gasteiger partial charge in [0.05, 0.1) is 14.2 Å². The summed E-state index contributed by atoms with van der Waals surface area (Å²) in [5.74, 6) is 1.59. The van der Waals surface area contributed by atoms with E-state index in [0.717, 1.165) is 5.56 Å². The van der Waals surface area contributed by atoms with Crippen LogP contribution in [0.5, 0.6) is 28.7 Å². The van der Waals surface area contributed by atoms with Crippen molar-refractivity contribution >= 4 is 0 Å². The monoisotopic (exact) mass is 332 g/mol. The zero-order valence-electron chi connectivity index (χ0n) is 13.8. The highest BCUT2D eigenvalue weighted by molar-refractivity contribution is 5.53. The van der Waals surface area contributed by atoms with E-state index in [0.29, 0.717) is 29.2 Å². The lowest BCUT2D eigenvalue weighted by Gasteiger charge is -2.34. The second kappa shape index (κ2) is 6.49. The zero-order chi connectivity index (χ0) is 17.3. The van der Waals surface area contributed by atoms with E-state index in [1.54, 1.807) is 33.5 Å². The van der Waals surface area contributed by atoms with E-state index in [9.17, 15) is 10.2 Å². The summed E-state index contributed by atoms with van der Waals surface area (Å²) in [6.07, 6.45) is -0.0970. The third kappa shape index (κ3) is 2.80. The van der Waals surface area contributed by atoms with Gasteiger partial charge in [0.2, 0.25) is 0 Å². The Labute approximate surface area is 140 Å². The summed E-state index contributed by atoms with van der Waals surface area (Å²) in [6.45, 7) is 0. The van der Waals surface area contributed by atoms with E-state index in [4.69, 9.17) is 18.9 Å². The summed E-state index contributed by atoms with van der Waals surface area (Å²) in [5.41, 5.74) is 1.62. The van der Waals surface area contributed by atoms with Crippen LogP contribution in [0.15, 0.2) is 30.3 Å². The van der Waals surface area contributed by atoms with Crippen LogP contribution in [0.4, 0.5) is 0 Å². The number of aromatic hydroxyl groups is 2. The molecule has 1 aliphatic heterocycles. The molecule has 6 heteroatoms. The smallest absolute Gasteiger partial charge is 0.157 e. The van der Waals surface area contributed by atoms with Crippen molar-refractivity contribution in [3.05, 3.63) is 41.5 Å². The molecule has 0 saturated heterocycles. The highest BCUT2D eigenvalue weighted by atomic mass is 16.5. The molecule has 0 aliphatic carbocycles. The van der Waals surface area contributed by atoms with E-state index in [-0.39, 0.29) is 17.6 Å². The Morgan fingerprint density at radius 3 is 2.42 bits per heavy atom. The number of phenolic OH excluding ortho intramolecular Hbond substituents is 2. The van der Waals surface area contributed by atoms with Crippen LogP contribution in [-0.4, -0.2) is 37.6 Å². The Morgan fingerprint density at radius 1 is 1.00 bits per heavy atom. The quantitative estimate of drug-likeness (QED) is 0.839. The lowest BCUT2D eigenvalue weighted by Crippen LogP contribution is -2.32. The number of hydrogen-bond acceptors (Lipinski definition) is 6. The molecule has 0 unspecified atom stereocenters. The lowest BCUT2D eigenvalue weighted by molar-refractivity contribution is -0.0122. The predicted molar refractivity (Wildman–Crippen MR) is 87.2 cm³/mol. The Kier molecular flexibility index (Phi) is 4.40. The Morgan fingerprint density at radius 2 is 1.79 bits per heavy atom. The fourth-order valence-corrected chi connectivity index (χ4v) is 2.93. The summed E-state index contributed by atoms with van der Waals surface area (Å²) in [7, 11) is 4.79. The molecule has 0 saturated carbocycles. The van der Waals surface area contributed by atoms with Crippen LogP contribution in [-0.2, 0) is 11.2 Å². The Balaban J connectivity index is 2.03. The van der Waals surface area contributed by atoms with Crippen LogP contribution in [0.2, 0.25) is 0 Å². The van der Waals surface area contributed by atoms with Gasteiger partial charge < -0.3 is 29.2 Å². The normalized spacial score (nSPS) is 19.3. The lowest BCUT2D eigenvalue weighted by atomic mass is 9.93. The number of hydrogen-bond donors (Lipinski definition) is 2. The van der Waals surface area contributed by atoms with Crippen LogP contribution in [0.25, 0.3) is 0 Å². The standard InChI is InChI=1S/C18H20O6/c1-21-11-7-15(22-2)12-9-17(23-3)18(24-16(12)8-11)10-4-5-13(19)14(20)6-10/h4-8,17-20H,9H2,1-3H3/t17-,18-/m1/s1. The van der Waals surface area contributed by atoms with Crippen LogP contribution in [0.3, 0.4) is 0 Å². The summed E-state index contributed by atoms with van der Waals surface area (Å²) in [6, 6.07) is 8.23. The van der Waals surface area contributed by atoms with E-state index >= 15 is 0 Å². The maximum atomic E-state index is 9.76. The van der Waals surface area contributed by atoms with Gasteiger partial charge in [-0.1, -0.05) is 6.07 Å². The van der Waals surface area contributed by atoms with Gasteiger partial charge in [-0.3, -0.25) is 0 Å². The van der Waals surface area contributed by atoms with Gasteiger partial charge in [-0.25, -0.2) is 0 Å². The topological polar surface area (TPSA) is 77.4 Å². The summed E-state index contributed by atoms with van der Waals surface area (Å²) in [4.78, 5) is 0. The number of phenols is 2. The number of fused-ring (bicyclic) bond motifs is 1. The first-order valence-corrected chi connectivity index (χ1v) is 7.53. The van der Waals surface area contributed by atoms with Crippen molar-refractivity contribution in [2.24, 2.45) is 0 Å². The number of methoxy groups -OCH3 is 3. The van der Waals surface area contributed by atoms with Gasteiger partial charge >= 0.3 is 0 Å². The molecule has 128 valence electrons. The first kappa shape index (κ1) is 16.3. The van der Waals surface area contributed by atoms with Gasteiger partial charge in [0.15, 0.2) is 17.6 Å². The first-order chi connectivity index (χ1) is 11.6. The molecule has 0 fully saturated rings. The molecule has 2 N–H and O–H groups in total. The molecule has 6 nitrogen and oxygen atoms in total. The maximum absolute atomic E-state index is 9.76. The largest absolute Gasteiger partial charge is 0.504 e. The molecule has 24 heavy (non-hydrogen) atoms. The summed E-state index contributed by atoms with van der Waals surface area (Å²) < 4.78 is 22.4. The van der Waals surface area contributed by atoms with Gasteiger partial charge in [0.1, 0.15) is 23.4 Å². The molecular weight excluding hydrogens is 312 g/mol. The third-order valence-corrected chi connectivity index (χ3v) is 4.22. The van der Waals surface area contributed by atoms with Gasteiger partial charge in [-0.05, 0) is 17.7 Å². The third-order valence-electron chi connectivity index (χ3n) is 4.22. The minimum Gasteiger partial charge on any atom is -0.504 e. The van der Waals surface area contributed by atoms with Crippen molar-refractivity contribution in [3.8, 4) is 28.7 Å². The van der Waals surface area contributed by atoms with Crippen molar-refractivity contribution < 1.29 is 29.2 Å². The van der Waals surface area contributed by atoms with Gasteiger partial charge in [-0.15, -0.1) is 0 Å². The highest BCUT2D eigenvalue weighted by Crippen LogP contribution is 2.44.